The van der Waals surface area contributed by atoms with Crippen molar-refractivity contribution in [3.8, 4) is 0 Å². The number of halogens is 3. The summed E-state index contributed by atoms with van der Waals surface area (Å²) in [5.41, 5.74) is 1.43. The van der Waals surface area contributed by atoms with Crippen LogP contribution in [0.5, 0.6) is 0 Å². The first kappa shape index (κ1) is 29.4. The van der Waals surface area contributed by atoms with Gasteiger partial charge in [0.25, 0.3) is 10.0 Å². The fraction of sp³-hybridized carbons (Fsp3) is 0.259. The van der Waals surface area contributed by atoms with E-state index in [0.29, 0.717) is 12.1 Å². The Hall–Kier alpha value is -3.14. The van der Waals surface area contributed by atoms with Crippen LogP contribution in [0.1, 0.15) is 25.0 Å². The third kappa shape index (κ3) is 6.83. The van der Waals surface area contributed by atoms with Gasteiger partial charge in [-0.2, -0.15) is 0 Å². The van der Waals surface area contributed by atoms with Crippen LogP contribution in [0.25, 0.3) is 0 Å². The first-order chi connectivity index (χ1) is 17.9. The van der Waals surface area contributed by atoms with Crippen LogP contribution < -0.4 is 9.62 Å². The van der Waals surface area contributed by atoms with Crippen molar-refractivity contribution in [3.05, 3.63) is 93.7 Å². The molecule has 3 aromatic rings. The van der Waals surface area contributed by atoms with Gasteiger partial charge in [0.05, 0.1) is 20.6 Å². The molecule has 38 heavy (non-hydrogen) atoms. The van der Waals surface area contributed by atoms with Crippen molar-refractivity contribution in [2.45, 2.75) is 38.3 Å². The number of hydrogen-bond donors (Lipinski definition) is 1. The van der Waals surface area contributed by atoms with Gasteiger partial charge >= 0.3 is 0 Å². The molecule has 0 aliphatic heterocycles. The van der Waals surface area contributed by atoms with E-state index in [4.69, 9.17) is 23.2 Å². The highest BCUT2D eigenvalue weighted by atomic mass is 35.5. The maximum atomic E-state index is 13.8. The Bertz CT molecular complexity index is 1400. The number of hydrogen-bond acceptors (Lipinski definition) is 4. The van der Waals surface area contributed by atoms with E-state index in [1.54, 1.807) is 19.1 Å². The van der Waals surface area contributed by atoms with Crippen molar-refractivity contribution in [2.75, 3.05) is 17.4 Å². The molecule has 0 heterocycles. The second-order valence-corrected chi connectivity index (χ2v) is 11.3. The van der Waals surface area contributed by atoms with Gasteiger partial charge in [-0.05, 0) is 62.7 Å². The molecule has 3 rings (SSSR count). The molecule has 0 unspecified atom stereocenters. The Balaban J connectivity index is 2.07. The lowest BCUT2D eigenvalue weighted by molar-refractivity contribution is -0.139. The second-order valence-electron chi connectivity index (χ2n) is 8.62. The highest BCUT2D eigenvalue weighted by Gasteiger charge is 2.33. The number of anilines is 1. The van der Waals surface area contributed by atoms with Crippen molar-refractivity contribution in [3.63, 3.8) is 0 Å². The number of benzene rings is 3. The van der Waals surface area contributed by atoms with Gasteiger partial charge in [0, 0.05) is 13.1 Å². The van der Waals surface area contributed by atoms with Crippen molar-refractivity contribution in [1.29, 1.82) is 0 Å². The molecule has 202 valence electrons. The standard InChI is InChI=1S/C27H28Cl2FN3O4S/c1-4-31-27(35)19(3)32(16-20-10-12-21(30)13-11-20)25(34)17-33(24-7-5-6-23(28)26(24)29)38(36,37)22-14-8-18(2)9-15-22/h5-15,19H,4,16-17H2,1-3H3,(H,31,35)/t19-/m0/s1. The molecule has 0 fully saturated rings. The molecule has 11 heteroatoms. The smallest absolute Gasteiger partial charge is 0.264 e. The molecule has 7 nitrogen and oxygen atoms in total. The van der Waals surface area contributed by atoms with E-state index in [-0.39, 0.29) is 27.2 Å². The van der Waals surface area contributed by atoms with E-state index < -0.39 is 40.2 Å². The molecular weight excluding hydrogens is 552 g/mol. The minimum absolute atomic E-state index is 0.0143. The summed E-state index contributed by atoms with van der Waals surface area (Å²) in [5, 5.41) is 2.74. The molecule has 0 radical (unpaired) electrons. The summed E-state index contributed by atoms with van der Waals surface area (Å²) < 4.78 is 42.0. The number of nitrogens with zero attached hydrogens (tertiary/aromatic N) is 2. The summed E-state index contributed by atoms with van der Waals surface area (Å²) in [4.78, 5) is 27.7. The Morgan fingerprint density at radius 2 is 1.63 bits per heavy atom. The van der Waals surface area contributed by atoms with E-state index in [1.807, 2.05) is 6.92 Å². The maximum Gasteiger partial charge on any atom is 0.264 e. The van der Waals surface area contributed by atoms with Crippen LogP contribution in [-0.4, -0.2) is 44.3 Å². The van der Waals surface area contributed by atoms with Gasteiger partial charge in [0.2, 0.25) is 11.8 Å². The summed E-state index contributed by atoms with van der Waals surface area (Å²) in [6.45, 7) is 4.72. The molecule has 3 aromatic carbocycles. The zero-order valence-corrected chi connectivity index (χ0v) is 23.4. The van der Waals surface area contributed by atoms with Crippen LogP contribution in [0, 0.1) is 12.7 Å². The molecule has 0 saturated heterocycles. The molecular formula is C27H28Cl2FN3O4S. The molecule has 1 atom stereocenters. The van der Waals surface area contributed by atoms with Crippen molar-refractivity contribution in [2.24, 2.45) is 0 Å². The molecule has 0 aromatic heterocycles. The van der Waals surface area contributed by atoms with E-state index in [2.05, 4.69) is 5.32 Å². The number of carbonyl (C=O) groups is 2. The lowest BCUT2D eigenvalue weighted by atomic mass is 10.1. The van der Waals surface area contributed by atoms with Crippen LogP contribution in [0.3, 0.4) is 0 Å². The molecule has 0 bridgehead atoms. The first-order valence-corrected chi connectivity index (χ1v) is 14.0. The maximum absolute atomic E-state index is 13.8. The van der Waals surface area contributed by atoms with E-state index in [9.17, 15) is 22.4 Å². The molecule has 0 saturated carbocycles. The Kier molecular flexibility index (Phi) is 9.76. The van der Waals surface area contributed by atoms with Gasteiger partial charge in [-0.3, -0.25) is 13.9 Å². The lowest BCUT2D eigenvalue weighted by Crippen LogP contribution is -2.51. The van der Waals surface area contributed by atoms with Crippen LogP contribution >= 0.6 is 23.2 Å². The third-order valence-electron chi connectivity index (χ3n) is 5.87. The van der Waals surface area contributed by atoms with Crippen LogP contribution in [0.4, 0.5) is 10.1 Å². The minimum atomic E-state index is -4.28. The number of likely N-dealkylation sites (N-methyl/N-ethyl adjacent to an activating group) is 1. The molecule has 2 amide bonds. The highest BCUT2D eigenvalue weighted by molar-refractivity contribution is 7.92. The van der Waals surface area contributed by atoms with Crippen LogP contribution in [0.2, 0.25) is 10.0 Å². The number of aryl methyl sites for hydroxylation is 1. The average Bonchev–Trinajstić information content (AvgIpc) is 2.88. The largest absolute Gasteiger partial charge is 0.355 e. The average molecular weight is 581 g/mol. The fourth-order valence-corrected chi connectivity index (χ4v) is 5.60. The summed E-state index contributed by atoms with van der Waals surface area (Å²) in [6.07, 6.45) is 0. The van der Waals surface area contributed by atoms with Gasteiger partial charge in [0.1, 0.15) is 18.4 Å². The van der Waals surface area contributed by atoms with E-state index in [0.717, 1.165) is 9.87 Å². The molecule has 0 aliphatic carbocycles. The number of nitrogens with one attached hydrogen (secondary N) is 1. The zero-order chi connectivity index (χ0) is 28.0. The molecule has 0 aliphatic rings. The number of sulfonamides is 1. The van der Waals surface area contributed by atoms with Gasteiger partial charge in [-0.25, -0.2) is 12.8 Å². The summed E-state index contributed by atoms with van der Waals surface area (Å²) >= 11 is 12.6. The molecule has 0 spiro atoms. The summed E-state index contributed by atoms with van der Waals surface area (Å²) in [7, 11) is -4.28. The topological polar surface area (TPSA) is 86.8 Å². The lowest BCUT2D eigenvalue weighted by Gasteiger charge is -2.32. The Labute approximate surface area is 232 Å². The Morgan fingerprint density at radius 1 is 1.00 bits per heavy atom. The van der Waals surface area contributed by atoms with E-state index >= 15 is 0 Å². The van der Waals surface area contributed by atoms with Crippen LogP contribution in [0.15, 0.2) is 71.6 Å². The second kappa shape index (κ2) is 12.6. The monoisotopic (exact) mass is 579 g/mol. The van der Waals surface area contributed by atoms with Crippen molar-refractivity contribution >= 4 is 50.7 Å². The van der Waals surface area contributed by atoms with Crippen LogP contribution in [-0.2, 0) is 26.2 Å². The highest BCUT2D eigenvalue weighted by Crippen LogP contribution is 2.35. The number of carbonyl (C=O) groups excluding carboxylic acids is 2. The van der Waals surface area contributed by atoms with Gasteiger partial charge < -0.3 is 10.2 Å². The Morgan fingerprint density at radius 3 is 2.24 bits per heavy atom. The minimum Gasteiger partial charge on any atom is -0.355 e. The SMILES string of the molecule is CCNC(=O)[C@H](C)N(Cc1ccc(F)cc1)C(=O)CN(c1cccc(Cl)c1Cl)S(=O)(=O)c1ccc(C)cc1. The normalized spacial score (nSPS) is 12.1. The van der Waals surface area contributed by atoms with Gasteiger partial charge in [-0.1, -0.05) is 59.1 Å². The first-order valence-electron chi connectivity index (χ1n) is 11.8. The zero-order valence-electron chi connectivity index (χ0n) is 21.1. The van der Waals surface area contributed by atoms with E-state index in [1.165, 1.54) is 66.4 Å². The predicted octanol–water partition coefficient (Wildman–Crippen LogP) is 5.19. The van der Waals surface area contributed by atoms with Gasteiger partial charge in [-0.15, -0.1) is 0 Å². The summed E-state index contributed by atoms with van der Waals surface area (Å²) in [6, 6.07) is 15.2. The quantitative estimate of drug-likeness (QED) is 0.358. The van der Waals surface area contributed by atoms with Crippen molar-refractivity contribution < 1.29 is 22.4 Å². The van der Waals surface area contributed by atoms with Crippen molar-refractivity contribution in [1.82, 2.24) is 10.2 Å². The molecule has 1 N–H and O–H groups in total. The predicted molar refractivity (Wildman–Crippen MR) is 147 cm³/mol. The summed E-state index contributed by atoms with van der Waals surface area (Å²) in [5.74, 6) is -1.54. The fourth-order valence-electron chi connectivity index (χ4n) is 3.73. The van der Waals surface area contributed by atoms with Gasteiger partial charge in [0.15, 0.2) is 0 Å². The third-order valence-corrected chi connectivity index (χ3v) is 8.46. The number of amides is 2. The number of rotatable bonds is 10.